The van der Waals surface area contributed by atoms with Gasteiger partial charge in [-0.15, -0.1) is 0 Å². The number of piperidine rings is 1. The molecule has 1 spiro atoms. The molecule has 0 saturated carbocycles. The van der Waals surface area contributed by atoms with Crippen LogP contribution in [-0.4, -0.2) is 42.8 Å². The predicted molar refractivity (Wildman–Crippen MR) is 87.3 cm³/mol. The first-order valence-corrected chi connectivity index (χ1v) is 8.42. The maximum Gasteiger partial charge on any atom is 0.113 e. The van der Waals surface area contributed by atoms with Gasteiger partial charge in [0.15, 0.2) is 0 Å². The normalized spacial score (nSPS) is 28.6. The summed E-state index contributed by atoms with van der Waals surface area (Å²) in [4.78, 5) is 2.39. The Labute approximate surface area is 130 Å². The van der Waals surface area contributed by atoms with Crippen molar-refractivity contribution in [2.24, 2.45) is 0 Å². The van der Waals surface area contributed by atoms with Gasteiger partial charge in [-0.2, -0.15) is 0 Å². The molecule has 1 atom stereocenters. The second-order valence-corrected chi connectivity index (χ2v) is 6.77. The zero-order valence-electron chi connectivity index (χ0n) is 14.1. The molecule has 2 heterocycles. The summed E-state index contributed by atoms with van der Waals surface area (Å²) in [5.74, 6) is 1.10. The Morgan fingerprint density at radius 2 is 2.10 bits per heavy atom. The smallest absolute Gasteiger partial charge is 0.113 e. The first kappa shape index (κ1) is 16.6. The highest BCUT2D eigenvalue weighted by Crippen LogP contribution is 2.40. The Kier molecular flexibility index (Phi) is 5.88. The number of ether oxygens (including phenoxy) is 2. The minimum absolute atomic E-state index is 0.00377. The van der Waals surface area contributed by atoms with Crippen LogP contribution in [0.3, 0.4) is 0 Å². The Bertz CT molecular complexity index is 379. The van der Waals surface area contributed by atoms with E-state index >= 15 is 0 Å². The maximum absolute atomic E-state index is 6.42. The summed E-state index contributed by atoms with van der Waals surface area (Å²) in [5, 5.41) is 0. The molecule has 2 fully saturated rings. The van der Waals surface area contributed by atoms with Crippen LogP contribution in [0.25, 0.3) is 0 Å². The zero-order chi connectivity index (χ0) is 15.3. The molecule has 0 bridgehead atoms. The molecule has 3 nitrogen and oxygen atoms in total. The number of nitrogens with zero attached hydrogens (tertiary/aromatic N) is 1. The van der Waals surface area contributed by atoms with E-state index in [0.717, 1.165) is 51.0 Å². The second kappa shape index (κ2) is 7.46. The largest absolute Gasteiger partial charge is 0.491 e. The lowest BCUT2D eigenvalue weighted by Crippen LogP contribution is -2.49. The molecule has 0 radical (unpaired) electrons. The van der Waals surface area contributed by atoms with E-state index in [1.54, 1.807) is 0 Å². The third-order valence-electron chi connectivity index (χ3n) is 4.39. The van der Waals surface area contributed by atoms with Crippen LogP contribution in [0, 0.1) is 0 Å². The lowest BCUT2D eigenvalue weighted by atomic mass is 9.82. The molecule has 0 aromatic carbocycles. The highest BCUT2D eigenvalue weighted by atomic mass is 16.5. The molecule has 3 heteroatoms. The molecule has 0 amide bonds. The Balaban J connectivity index is 2.09. The molecule has 2 rings (SSSR count). The standard InChI is InChI=1S/C18H31NO2/c1-5-6-7-8-16-13-17(20-15(2)3)14-18(21-16)9-11-19(4)12-10-18/h6-8,15,17H,5,9-14H2,1-4H3/b7-6-,16-8+. The first-order valence-electron chi connectivity index (χ1n) is 8.42. The van der Waals surface area contributed by atoms with Crippen molar-refractivity contribution in [3.05, 3.63) is 24.0 Å². The van der Waals surface area contributed by atoms with Crippen LogP contribution in [0.1, 0.15) is 52.9 Å². The minimum atomic E-state index is -0.00377. The quantitative estimate of drug-likeness (QED) is 0.784. The Morgan fingerprint density at radius 1 is 1.38 bits per heavy atom. The Morgan fingerprint density at radius 3 is 2.71 bits per heavy atom. The molecule has 1 unspecified atom stereocenters. The summed E-state index contributed by atoms with van der Waals surface area (Å²) in [6, 6.07) is 0. The minimum Gasteiger partial charge on any atom is -0.491 e. The highest BCUT2D eigenvalue weighted by molar-refractivity contribution is 5.13. The van der Waals surface area contributed by atoms with Gasteiger partial charge >= 0.3 is 0 Å². The van der Waals surface area contributed by atoms with Crippen LogP contribution in [-0.2, 0) is 9.47 Å². The summed E-state index contributed by atoms with van der Waals surface area (Å²) in [6.07, 6.45) is 12.2. The molecule has 21 heavy (non-hydrogen) atoms. The molecule has 2 aliphatic heterocycles. The van der Waals surface area contributed by atoms with Crippen molar-refractivity contribution in [3.8, 4) is 0 Å². The lowest BCUT2D eigenvalue weighted by molar-refractivity contribution is -0.130. The van der Waals surface area contributed by atoms with Gasteiger partial charge in [-0.25, -0.2) is 0 Å². The van der Waals surface area contributed by atoms with Crippen molar-refractivity contribution in [2.75, 3.05) is 20.1 Å². The third-order valence-corrected chi connectivity index (χ3v) is 4.39. The third kappa shape index (κ3) is 4.86. The molecule has 0 N–H and O–H groups in total. The van der Waals surface area contributed by atoms with Crippen LogP contribution < -0.4 is 0 Å². The monoisotopic (exact) mass is 293 g/mol. The number of hydrogen-bond donors (Lipinski definition) is 0. The molecule has 120 valence electrons. The molecule has 0 aromatic heterocycles. The molecule has 2 aliphatic rings. The van der Waals surface area contributed by atoms with Gasteiger partial charge in [0.25, 0.3) is 0 Å². The van der Waals surface area contributed by atoms with Crippen LogP contribution in [0.15, 0.2) is 24.0 Å². The van der Waals surface area contributed by atoms with Crippen molar-refractivity contribution >= 4 is 0 Å². The van der Waals surface area contributed by atoms with E-state index in [-0.39, 0.29) is 11.7 Å². The number of likely N-dealkylation sites (tertiary alicyclic amines) is 1. The fraction of sp³-hybridized carbons (Fsp3) is 0.778. The van der Waals surface area contributed by atoms with Gasteiger partial charge in [-0.1, -0.05) is 19.1 Å². The number of rotatable bonds is 4. The van der Waals surface area contributed by atoms with E-state index in [4.69, 9.17) is 9.47 Å². The molecular weight excluding hydrogens is 262 g/mol. The van der Waals surface area contributed by atoms with Crippen molar-refractivity contribution in [1.82, 2.24) is 4.90 Å². The average molecular weight is 293 g/mol. The molecular formula is C18H31NO2. The van der Waals surface area contributed by atoms with E-state index in [0.29, 0.717) is 6.10 Å². The fourth-order valence-corrected chi connectivity index (χ4v) is 3.30. The van der Waals surface area contributed by atoms with Crippen LogP contribution in [0.4, 0.5) is 0 Å². The first-order chi connectivity index (χ1) is 10.0. The van der Waals surface area contributed by atoms with Crippen molar-refractivity contribution in [2.45, 2.75) is 70.7 Å². The summed E-state index contributed by atoms with van der Waals surface area (Å²) >= 11 is 0. The van der Waals surface area contributed by atoms with Gasteiger partial charge in [0.05, 0.1) is 18.0 Å². The van der Waals surface area contributed by atoms with Gasteiger partial charge in [-0.3, -0.25) is 0 Å². The van der Waals surface area contributed by atoms with E-state index in [9.17, 15) is 0 Å². The number of allylic oxidation sites excluding steroid dienone is 3. The van der Waals surface area contributed by atoms with E-state index in [1.165, 1.54) is 0 Å². The lowest BCUT2D eigenvalue weighted by Gasteiger charge is -2.46. The summed E-state index contributed by atoms with van der Waals surface area (Å²) in [5.41, 5.74) is -0.00377. The van der Waals surface area contributed by atoms with Gasteiger partial charge in [-0.05, 0) is 46.2 Å². The van der Waals surface area contributed by atoms with Crippen molar-refractivity contribution < 1.29 is 9.47 Å². The molecule has 2 saturated heterocycles. The summed E-state index contributed by atoms with van der Waals surface area (Å²) in [6.45, 7) is 8.63. The zero-order valence-corrected chi connectivity index (χ0v) is 14.1. The summed E-state index contributed by atoms with van der Waals surface area (Å²) < 4.78 is 12.5. The van der Waals surface area contributed by atoms with E-state index in [1.807, 2.05) is 0 Å². The van der Waals surface area contributed by atoms with Gasteiger partial charge in [0, 0.05) is 25.9 Å². The SMILES string of the molecule is CC/C=C\C=C1/CC(OC(C)C)CC2(CCN(C)CC2)O1. The highest BCUT2D eigenvalue weighted by Gasteiger charge is 2.42. The van der Waals surface area contributed by atoms with Gasteiger partial charge in [0.1, 0.15) is 5.60 Å². The second-order valence-electron chi connectivity index (χ2n) is 6.77. The van der Waals surface area contributed by atoms with Crippen LogP contribution >= 0.6 is 0 Å². The average Bonchev–Trinajstić information content (AvgIpc) is 2.42. The molecule has 0 aliphatic carbocycles. The number of hydrogen-bond acceptors (Lipinski definition) is 3. The molecule has 0 aromatic rings. The van der Waals surface area contributed by atoms with Crippen molar-refractivity contribution in [3.63, 3.8) is 0 Å². The van der Waals surface area contributed by atoms with Gasteiger partial charge in [0.2, 0.25) is 0 Å². The fourth-order valence-electron chi connectivity index (χ4n) is 3.30. The maximum atomic E-state index is 6.42. The summed E-state index contributed by atoms with van der Waals surface area (Å²) in [7, 11) is 2.19. The van der Waals surface area contributed by atoms with E-state index in [2.05, 4.69) is 50.9 Å². The van der Waals surface area contributed by atoms with Crippen LogP contribution in [0.2, 0.25) is 0 Å². The van der Waals surface area contributed by atoms with E-state index < -0.39 is 0 Å². The predicted octanol–water partition coefficient (Wildman–Crippen LogP) is 3.90. The van der Waals surface area contributed by atoms with Crippen molar-refractivity contribution in [1.29, 1.82) is 0 Å². The Hall–Kier alpha value is -0.800. The van der Waals surface area contributed by atoms with Gasteiger partial charge < -0.3 is 14.4 Å². The topological polar surface area (TPSA) is 21.7 Å². The van der Waals surface area contributed by atoms with Crippen LogP contribution in [0.5, 0.6) is 0 Å².